The number of hydrogen-bond acceptors (Lipinski definition) is 2. The second-order valence-electron chi connectivity index (χ2n) is 3.01. The summed E-state index contributed by atoms with van der Waals surface area (Å²) in [6, 6.07) is 0. The number of hydrogen-bond donors (Lipinski definition) is 1. The second-order valence-corrected chi connectivity index (χ2v) is 3.01. The quantitative estimate of drug-likeness (QED) is 0.593. The molecule has 0 heterocycles. The summed E-state index contributed by atoms with van der Waals surface area (Å²) in [7, 11) is 0. The van der Waals surface area contributed by atoms with Gasteiger partial charge in [-0.1, -0.05) is 13.8 Å². The molecular formula is C8H18N2. The van der Waals surface area contributed by atoms with Gasteiger partial charge in [0.15, 0.2) is 0 Å². The zero-order chi connectivity index (χ0) is 7.98. The van der Waals surface area contributed by atoms with E-state index in [0.29, 0.717) is 12.5 Å². The van der Waals surface area contributed by atoms with E-state index in [-0.39, 0.29) is 0 Å². The Kier molecular flexibility index (Phi) is 5.22. The third-order valence-corrected chi connectivity index (χ3v) is 1.23. The Hall–Kier alpha value is -0.370. The first-order valence-electron chi connectivity index (χ1n) is 3.86. The van der Waals surface area contributed by atoms with Gasteiger partial charge in [0.25, 0.3) is 0 Å². The standard InChI is InChI=1S/C8H18N2/c1-7(2)6-10-8(3)4-5-9/h7H,4-6,9H2,1-3H3. The fraction of sp³-hybridized carbons (Fsp3) is 0.875. The maximum absolute atomic E-state index is 5.35. The van der Waals surface area contributed by atoms with E-state index in [9.17, 15) is 0 Å². The van der Waals surface area contributed by atoms with Gasteiger partial charge >= 0.3 is 0 Å². The molecule has 0 bridgehead atoms. The van der Waals surface area contributed by atoms with Crippen molar-refractivity contribution in [2.75, 3.05) is 13.1 Å². The molecule has 0 amide bonds. The molecule has 60 valence electrons. The number of rotatable bonds is 4. The van der Waals surface area contributed by atoms with E-state index in [2.05, 4.69) is 18.8 Å². The van der Waals surface area contributed by atoms with E-state index < -0.39 is 0 Å². The van der Waals surface area contributed by atoms with Crippen molar-refractivity contribution in [1.29, 1.82) is 0 Å². The molecule has 0 saturated heterocycles. The molecule has 0 fully saturated rings. The van der Waals surface area contributed by atoms with Crippen LogP contribution in [0.25, 0.3) is 0 Å². The molecule has 0 aliphatic heterocycles. The van der Waals surface area contributed by atoms with Gasteiger partial charge in [0.05, 0.1) is 0 Å². The van der Waals surface area contributed by atoms with Crippen LogP contribution in [0.1, 0.15) is 27.2 Å². The van der Waals surface area contributed by atoms with Gasteiger partial charge in [0.2, 0.25) is 0 Å². The summed E-state index contributed by atoms with van der Waals surface area (Å²) in [6.07, 6.45) is 0.937. The predicted octanol–water partition coefficient (Wildman–Crippen LogP) is 1.45. The van der Waals surface area contributed by atoms with E-state index in [1.165, 1.54) is 5.71 Å². The highest BCUT2D eigenvalue weighted by molar-refractivity contribution is 5.81. The van der Waals surface area contributed by atoms with Crippen LogP contribution in [0.2, 0.25) is 0 Å². The van der Waals surface area contributed by atoms with Crippen molar-refractivity contribution < 1.29 is 0 Å². The number of nitrogens with two attached hydrogens (primary N) is 1. The molecule has 10 heavy (non-hydrogen) atoms. The van der Waals surface area contributed by atoms with Crippen LogP contribution in [0.15, 0.2) is 4.99 Å². The predicted molar refractivity (Wildman–Crippen MR) is 46.5 cm³/mol. The van der Waals surface area contributed by atoms with Crippen LogP contribution in [0.5, 0.6) is 0 Å². The van der Waals surface area contributed by atoms with Crippen molar-refractivity contribution in [3.63, 3.8) is 0 Å². The maximum atomic E-state index is 5.35. The molecule has 0 spiro atoms. The van der Waals surface area contributed by atoms with E-state index in [1.807, 2.05) is 6.92 Å². The van der Waals surface area contributed by atoms with E-state index in [0.717, 1.165) is 13.0 Å². The van der Waals surface area contributed by atoms with Crippen molar-refractivity contribution in [2.45, 2.75) is 27.2 Å². The maximum Gasteiger partial charge on any atom is 0.0411 e. The van der Waals surface area contributed by atoms with Crippen LogP contribution in [0.3, 0.4) is 0 Å². The Morgan fingerprint density at radius 1 is 1.50 bits per heavy atom. The molecule has 0 aromatic carbocycles. The zero-order valence-electron chi connectivity index (χ0n) is 7.22. The molecule has 0 aliphatic carbocycles. The molecule has 0 saturated carbocycles. The largest absolute Gasteiger partial charge is 0.330 e. The molecule has 0 aromatic heterocycles. The second kappa shape index (κ2) is 5.42. The summed E-state index contributed by atoms with van der Waals surface area (Å²) >= 11 is 0. The SMILES string of the molecule is CC(CCN)=NCC(C)C. The van der Waals surface area contributed by atoms with Crippen molar-refractivity contribution in [2.24, 2.45) is 16.6 Å². The monoisotopic (exact) mass is 142 g/mol. The van der Waals surface area contributed by atoms with Crippen LogP contribution in [-0.4, -0.2) is 18.8 Å². The Morgan fingerprint density at radius 2 is 2.10 bits per heavy atom. The van der Waals surface area contributed by atoms with Crippen LogP contribution in [0.4, 0.5) is 0 Å². The van der Waals surface area contributed by atoms with Gasteiger partial charge in [-0.3, -0.25) is 4.99 Å². The van der Waals surface area contributed by atoms with Gasteiger partial charge in [-0.05, 0) is 25.8 Å². The topological polar surface area (TPSA) is 38.4 Å². The first-order valence-corrected chi connectivity index (χ1v) is 3.86. The fourth-order valence-electron chi connectivity index (χ4n) is 0.626. The van der Waals surface area contributed by atoms with Crippen LogP contribution < -0.4 is 5.73 Å². The van der Waals surface area contributed by atoms with Gasteiger partial charge < -0.3 is 5.73 Å². The first-order chi connectivity index (χ1) is 4.66. The molecular weight excluding hydrogens is 124 g/mol. The molecule has 0 atom stereocenters. The average Bonchev–Trinajstić information content (AvgIpc) is 1.85. The van der Waals surface area contributed by atoms with Crippen molar-refractivity contribution in [3.05, 3.63) is 0 Å². The summed E-state index contributed by atoms with van der Waals surface area (Å²) in [5.74, 6) is 0.660. The van der Waals surface area contributed by atoms with E-state index >= 15 is 0 Å². The minimum absolute atomic E-state index is 0.660. The number of nitrogens with zero attached hydrogens (tertiary/aromatic N) is 1. The Bertz CT molecular complexity index is 106. The molecule has 0 aromatic rings. The molecule has 0 aliphatic rings. The molecule has 0 radical (unpaired) electrons. The van der Waals surface area contributed by atoms with Gasteiger partial charge in [0, 0.05) is 12.3 Å². The minimum Gasteiger partial charge on any atom is -0.330 e. The highest BCUT2D eigenvalue weighted by Gasteiger charge is 1.91. The molecule has 0 rings (SSSR count). The summed E-state index contributed by atoms with van der Waals surface area (Å²) in [6.45, 7) is 8.02. The molecule has 2 heteroatoms. The van der Waals surface area contributed by atoms with E-state index in [4.69, 9.17) is 5.73 Å². The van der Waals surface area contributed by atoms with Gasteiger partial charge in [-0.2, -0.15) is 0 Å². The summed E-state index contributed by atoms with van der Waals surface area (Å²) < 4.78 is 0. The van der Waals surface area contributed by atoms with Crippen LogP contribution in [-0.2, 0) is 0 Å². The first kappa shape index (κ1) is 9.63. The lowest BCUT2D eigenvalue weighted by molar-refractivity contribution is 0.664. The highest BCUT2D eigenvalue weighted by atomic mass is 14.7. The lowest BCUT2D eigenvalue weighted by Gasteiger charge is -2.00. The lowest BCUT2D eigenvalue weighted by atomic mass is 10.2. The zero-order valence-corrected chi connectivity index (χ0v) is 7.22. The Morgan fingerprint density at radius 3 is 2.50 bits per heavy atom. The van der Waals surface area contributed by atoms with Crippen molar-refractivity contribution >= 4 is 5.71 Å². The molecule has 0 unspecified atom stereocenters. The Labute approximate surface area is 63.5 Å². The number of aliphatic imine (C=N–C) groups is 1. The van der Waals surface area contributed by atoms with Crippen LogP contribution in [0, 0.1) is 5.92 Å². The normalized spacial score (nSPS) is 12.7. The van der Waals surface area contributed by atoms with Gasteiger partial charge in [-0.15, -0.1) is 0 Å². The minimum atomic E-state index is 0.660. The highest BCUT2D eigenvalue weighted by Crippen LogP contribution is 1.93. The third-order valence-electron chi connectivity index (χ3n) is 1.23. The molecule has 2 N–H and O–H groups in total. The summed E-state index contributed by atoms with van der Waals surface area (Å²) in [5, 5.41) is 0. The third kappa shape index (κ3) is 5.76. The van der Waals surface area contributed by atoms with Crippen molar-refractivity contribution in [3.8, 4) is 0 Å². The van der Waals surface area contributed by atoms with Crippen LogP contribution >= 0.6 is 0 Å². The van der Waals surface area contributed by atoms with Gasteiger partial charge in [0.1, 0.15) is 0 Å². The summed E-state index contributed by atoms with van der Waals surface area (Å²) in [5.41, 5.74) is 6.53. The lowest BCUT2D eigenvalue weighted by Crippen LogP contribution is -2.06. The Balaban J connectivity index is 3.47. The molecule has 2 nitrogen and oxygen atoms in total. The van der Waals surface area contributed by atoms with Crippen molar-refractivity contribution in [1.82, 2.24) is 0 Å². The smallest absolute Gasteiger partial charge is 0.0411 e. The van der Waals surface area contributed by atoms with Gasteiger partial charge in [-0.25, -0.2) is 0 Å². The fourth-order valence-corrected chi connectivity index (χ4v) is 0.626. The average molecular weight is 142 g/mol. The summed E-state index contributed by atoms with van der Waals surface area (Å²) in [4.78, 5) is 4.35. The van der Waals surface area contributed by atoms with E-state index in [1.54, 1.807) is 0 Å².